The number of amides is 1. The second kappa shape index (κ2) is 7.43. The number of ether oxygens (including phenoxy) is 1. The Hall–Kier alpha value is -2.82. The average Bonchev–Trinajstić information content (AvgIpc) is 3.38. The van der Waals surface area contributed by atoms with Crippen molar-refractivity contribution in [1.29, 1.82) is 0 Å². The number of fused-ring (bicyclic) bond motifs is 1. The Labute approximate surface area is 159 Å². The van der Waals surface area contributed by atoms with Gasteiger partial charge >= 0.3 is 0 Å². The third-order valence-electron chi connectivity index (χ3n) is 5.56. The number of nitrogens with zero attached hydrogens (tertiary/aromatic N) is 2. The van der Waals surface area contributed by atoms with Gasteiger partial charge in [0, 0.05) is 6.07 Å². The molecule has 1 aliphatic rings. The van der Waals surface area contributed by atoms with Crippen LogP contribution < -0.4 is 10.1 Å². The van der Waals surface area contributed by atoms with E-state index < -0.39 is 0 Å². The molecule has 1 atom stereocenters. The smallest absolute Gasteiger partial charge is 0.232 e. The van der Waals surface area contributed by atoms with Crippen LogP contribution in [-0.2, 0) is 4.79 Å². The number of nitrogens with one attached hydrogen (secondary N) is 1. The third kappa shape index (κ3) is 3.54. The molecule has 0 saturated heterocycles. The van der Waals surface area contributed by atoms with E-state index in [2.05, 4.69) is 16.5 Å². The Balaban J connectivity index is 1.52. The van der Waals surface area contributed by atoms with Crippen LogP contribution in [0.1, 0.15) is 50.1 Å². The van der Waals surface area contributed by atoms with Crippen LogP contribution in [0.25, 0.3) is 10.8 Å². The Morgan fingerprint density at radius 2 is 1.89 bits per heavy atom. The van der Waals surface area contributed by atoms with Gasteiger partial charge in [-0.3, -0.25) is 4.79 Å². The van der Waals surface area contributed by atoms with Crippen molar-refractivity contribution in [2.24, 2.45) is 0 Å². The largest absolute Gasteiger partial charge is 0.497 e. The minimum Gasteiger partial charge on any atom is -0.497 e. The van der Waals surface area contributed by atoms with E-state index in [0.717, 1.165) is 40.7 Å². The van der Waals surface area contributed by atoms with E-state index in [1.165, 1.54) is 12.8 Å². The van der Waals surface area contributed by atoms with Crippen molar-refractivity contribution in [1.82, 2.24) is 9.78 Å². The van der Waals surface area contributed by atoms with Crippen LogP contribution in [0.15, 0.2) is 48.7 Å². The summed E-state index contributed by atoms with van der Waals surface area (Å²) in [5, 5.41) is 9.71. The quantitative estimate of drug-likeness (QED) is 0.701. The number of benzene rings is 2. The summed E-state index contributed by atoms with van der Waals surface area (Å²) < 4.78 is 7.25. The maximum Gasteiger partial charge on any atom is 0.232 e. The highest BCUT2D eigenvalue weighted by atomic mass is 16.5. The number of rotatable bonds is 5. The summed E-state index contributed by atoms with van der Waals surface area (Å²) >= 11 is 0. The van der Waals surface area contributed by atoms with Crippen LogP contribution in [-0.4, -0.2) is 22.8 Å². The minimum absolute atomic E-state index is 0.0115. The summed E-state index contributed by atoms with van der Waals surface area (Å²) in [5.74, 6) is 1.37. The van der Waals surface area contributed by atoms with Crippen LogP contribution in [0.4, 0.5) is 5.82 Å². The van der Waals surface area contributed by atoms with Gasteiger partial charge in [0.25, 0.3) is 0 Å². The maximum absolute atomic E-state index is 12.8. The second-order valence-corrected chi connectivity index (χ2v) is 7.28. The summed E-state index contributed by atoms with van der Waals surface area (Å²) in [6, 6.07) is 14.4. The first kappa shape index (κ1) is 17.6. The molecule has 1 aromatic heterocycles. The zero-order valence-electron chi connectivity index (χ0n) is 15.8. The molecule has 0 radical (unpaired) electrons. The molecule has 27 heavy (non-hydrogen) atoms. The van der Waals surface area contributed by atoms with Crippen molar-refractivity contribution in [3.8, 4) is 5.75 Å². The lowest BCUT2D eigenvalue weighted by Gasteiger charge is -2.17. The maximum atomic E-state index is 12.8. The molecule has 140 valence electrons. The summed E-state index contributed by atoms with van der Waals surface area (Å²) in [7, 11) is 1.66. The molecule has 0 bridgehead atoms. The minimum atomic E-state index is -0.247. The van der Waals surface area contributed by atoms with E-state index in [-0.39, 0.29) is 11.8 Å². The van der Waals surface area contributed by atoms with Gasteiger partial charge in [-0.2, -0.15) is 5.10 Å². The SMILES string of the molecule is COc1ccc2cc(C(C)C(=O)Nc3ccnn3C3CCCC3)ccc2c1. The predicted octanol–water partition coefficient (Wildman–Crippen LogP) is 4.90. The number of carbonyl (C=O) groups excluding carboxylic acids is 1. The lowest BCUT2D eigenvalue weighted by Crippen LogP contribution is -2.22. The highest BCUT2D eigenvalue weighted by Gasteiger charge is 2.22. The van der Waals surface area contributed by atoms with Gasteiger partial charge in [-0.15, -0.1) is 0 Å². The van der Waals surface area contributed by atoms with E-state index in [1.54, 1.807) is 13.3 Å². The fourth-order valence-corrected chi connectivity index (χ4v) is 3.88. The first-order valence-corrected chi connectivity index (χ1v) is 9.58. The number of carbonyl (C=O) groups is 1. The Morgan fingerprint density at radius 1 is 1.15 bits per heavy atom. The molecule has 1 amide bonds. The normalized spacial score (nSPS) is 15.8. The Morgan fingerprint density at radius 3 is 2.67 bits per heavy atom. The number of hydrogen-bond donors (Lipinski definition) is 1. The molecule has 2 aromatic carbocycles. The molecule has 0 aliphatic heterocycles. The Bertz CT molecular complexity index is 957. The fraction of sp³-hybridized carbons (Fsp3) is 0.364. The monoisotopic (exact) mass is 363 g/mol. The van der Waals surface area contributed by atoms with Crippen molar-refractivity contribution in [2.45, 2.75) is 44.6 Å². The summed E-state index contributed by atoms with van der Waals surface area (Å²) in [6.07, 6.45) is 6.50. The highest BCUT2D eigenvalue weighted by Crippen LogP contribution is 2.32. The van der Waals surface area contributed by atoms with Gasteiger partial charge in [-0.25, -0.2) is 4.68 Å². The van der Waals surface area contributed by atoms with Crippen molar-refractivity contribution >= 4 is 22.5 Å². The first-order valence-electron chi connectivity index (χ1n) is 9.58. The summed E-state index contributed by atoms with van der Waals surface area (Å²) in [4.78, 5) is 12.8. The molecule has 1 saturated carbocycles. The third-order valence-corrected chi connectivity index (χ3v) is 5.56. The van der Waals surface area contributed by atoms with E-state index in [1.807, 2.05) is 48.0 Å². The molecule has 0 spiro atoms. The molecule has 3 aromatic rings. The van der Waals surface area contributed by atoms with Gasteiger partial charge in [0.2, 0.25) is 5.91 Å². The molecule has 1 unspecified atom stereocenters. The van der Waals surface area contributed by atoms with Gasteiger partial charge in [0.1, 0.15) is 11.6 Å². The van der Waals surface area contributed by atoms with Crippen LogP contribution in [0.3, 0.4) is 0 Å². The molecule has 5 nitrogen and oxygen atoms in total. The van der Waals surface area contributed by atoms with Gasteiger partial charge < -0.3 is 10.1 Å². The predicted molar refractivity (Wildman–Crippen MR) is 107 cm³/mol. The Kier molecular flexibility index (Phi) is 4.84. The molecule has 5 heteroatoms. The van der Waals surface area contributed by atoms with Crippen LogP contribution in [0.2, 0.25) is 0 Å². The molecule has 1 aliphatic carbocycles. The molecular formula is C22H25N3O2. The first-order chi connectivity index (χ1) is 13.2. The van der Waals surface area contributed by atoms with Crippen LogP contribution in [0, 0.1) is 0 Å². The standard InChI is InChI=1S/C22H25N3O2/c1-15(16-7-8-18-14-20(27-2)10-9-17(18)13-16)22(26)24-21-11-12-23-25(21)19-5-3-4-6-19/h7-15,19H,3-6H2,1-2H3,(H,24,26). The number of anilines is 1. The zero-order chi connectivity index (χ0) is 18.8. The number of aromatic nitrogens is 2. The molecule has 1 heterocycles. The van der Waals surface area contributed by atoms with E-state index in [4.69, 9.17) is 4.74 Å². The van der Waals surface area contributed by atoms with Gasteiger partial charge in [-0.05, 0) is 48.2 Å². The average molecular weight is 363 g/mol. The fourth-order valence-electron chi connectivity index (χ4n) is 3.88. The molecule has 1 N–H and O–H groups in total. The van der Waals surface area contributed by atoms with Gasteiger partial charge in [-0.1, -0.05) is 37.1 Å². The summed E-state index contributed by atoms with van der Waals surface area (Å²) in [5.41, 5.74) is 0.997. The van der Waals surface area contributed by atoms with Crippen LogP contribution in [0.5, 0.6) is 5.75 Å². The van der Waals surface area contributed by atoms with E-state index in [0.29, 0.717) is 6.04 Å². The van der Waals surface area contributed by atoms with Crippen molar-refractivity contribution in [2.75, 3.05) is 12.4 Å². The summed E-state index contributed by atoms with van der Waals surface area (Å²) in [6.45, 7) is 1.94. The lowest BCUT2D eigenvalue weighted by molar-refractivity contribution is -0.117. The zero-order valence-corrected chi connectivity index (χ0v) is 15.8. The van der Waals surface area contributed by atoms with Crippen molar-refractivity contribution in [3.63, 3.8) is 0 Å². The molecule has 1 fully saturated rings. The molecular weight excluding hydrogens is 338 g/mol. The second-order valence-electron chi connectivity index (χ2n) is 7.28. The van der Waals surface area contributed by atoms with Gasteiger partial charge in [0.05, 0.1) is 25.3 Å². The number of hydrogen-bond acceptors (Lipinski definition) is 3. The number of methoxy groups -OCH3 is 1. The lowest BCUT2D eigenvalue weighted by atomic mass is 9.97. The topological polar surface area (TPSA) is 56.1 Å². The highest BCUT2D eigenvalue weighted by molar-refractivity contribution is 5.96. The van der Waals surface area contributed by atoms with E-state index in [9.17, 15) is 4.79 Å². The van der Waals surface area contributed by atoms with Crippen LogP contribution >= 0.6 is 0 Å². The van der Waals surface area contributed by atoms with Crippen molar-refractivity contribution < 1.29 is 9.53 Å². The van der Waals surface area contributed by atoms with E-state index >= 15 is 0 Å². The molecule has 4 rings (SSSR count). The van der Waals surface area contributed by atoms with Crippen molar-refractivity contribution in [3.05, 3.63) is 54.2 Å². The van der Waals surface area contributed by atoms with Gasteiger partial charge in [0.15, 0.2) is 0 Å².